The number of nitrogens with two attached hydrogens (primary N) is 1. The lowest BCUT2D eigenvalue weighted by Crippen LogP contribution is -2.28. The summed E-state index contributed by atoms with van der Waals surface area (Å²) in [5, 5.41) is 8.25. The minimum absolute atomic E-state index is 0.0241. The Balaban J connectivity index is 1.55. The number of primary sulfonamides is 1. The largest absolute Gasteiger partial charge is 0.361 e. The number of nitrogens with zero attached hydrogens (tertiary/aromatic N) is 6. The number of sulfonamides is 1. The molecular formula is C25H28N8O3S. The Hall–Kier alpha value is -3.77. The first kappa shape index (κ1) is 24.9. The van der Waals surface area contributed by atoms with Crippen LogP contribution < -0.4 is 16.0 Å². The number of aromatic nitrogens is 6. The molecule has 1 aromatic carbocycles. The number of hydrogen-bond donors (Lipinski definition) is 2. The van der Waals surface area contributed by atoms with Crippen LogP contribution in [-0.4, -0.2) is 37.9 Å². The fraction of sp³-hybridized carbons (Fsp3) is 0.360. The number of rotatable bonds is 8. The maximum atomic E-state index is 13.5. The lowest BCUT2D eigenvalue weighted by Gasteiger charge is -2.18. The summed E-state index contributed by atoms with van der Waals surface area (Å²) in [5.41, 5.74) is 3.98. The highest BCUT2D eigenvalue weighted by molar-refractivity contribution is 7.89. The molecule has 0 amide bonds. The third-order valence-electron chi connectivity index (χ3n) is 6.63. The molecule has 37 heavy (non-hydrogen) atoms. The third kappa shape index (κ3) is 4.94. The van der Waals surface area contributed by atoms with Gasteiger partial charge >= 0.3 is 0 Å². The number of fused-ring (bicyclic) bond motifs is 1. The van der Waals surface area contributed by atoms with Gasteiger partial charge in [-0.05, 0) is 50.8 Å². The maximum Gasteiger partial charge on any atom is 0.295 e. The van der Waals surface area contributed by atoms with Crippen LogP contribution in [0.1, 0.15) is 62.0 Å². The molecule has 1 fully saturated rings. The molecule has 0 unspecified atom stereocenters. The van der Waals surface area contributed by atoms with Crippen molar-refractivity contribution in [1.82, 2.24) is 29.5 Å². The second-order valence-electron chi connectivity index (χ2n) is 9.33. The molecule has 0 saturated heterocycles. The Bertz CT molecular complexity index is 1650. The van der Waals surface area contributed by atoms with E-state index < -0.39 is 10.0 Å². The van der Waals surface area contributed by atoms with Crippen molar-refractivity contribution in [1.29, 1.82) is 0 Å². The number of aryl methyl sites for hydroxylation is 1. The van der Waals surface area contributed by atoms with Gasteiger partial charge in [-0.3, -0.25) is 9.36 Å². The Morgan fingerprint density at radius 3 is 2.51 bits per heavy atom. The van der Waals surface area contributed by atoms with Gasteiger partial charge in [-0.25, -0.2) is 38.5 Å². The van der Waals surface area contributed by atoms with Crippen LogP contribution in [0, 0.1) is 6.92 Å². The van der Waals surface area contributed by atoms with Crippen molar-refractivity contribution >= 4 is 27.0 Å². The molecule has 11 nitrogen and oxygen atoms in total. The quantitative estimate of drug-likeness (QED) is 0.356. The van der Waals surface area contributed by atoms with E-state index in [2.05, 4.69) is 25.3 Å². The first-order valence-corrected chi connectivity index (χ1v) is 13.7. The van der Waals surface area contributed by atoms with E-state index in [9.17, 15) is 13.2 Å². The lowest BCUT2D eigenvalue weighted by molar-refractivity contribution is 0.526. The number of nitrogens with one attached hydrogen (secondary N) is 1. The van der Waals surface area contributed by atoms with Crippen molar-refractivity contribution in [3.05, 3.63) is 64.1 Å². The first-order chi connectivity index (χ1) is 17.7. The van der Waals surface area contributed by atoms with Crippen molar-refractivity contribution < 1.29 is 8.42 Å². The molecule has 3 heterocycles. The molecule has 1 aliphatic rings. The number of anilines is 1. The van der Waals surface area contributed by atoms with Gasteiger partial charge in [0.15, 0.2) is 17.3 Å². The highest BCUT2D eigenvalue weighted by Gasteiger charge is 2.30. The first-order valence-electron chi connectivity index (χ1n) is 12.1. The Morgan fingerprint density at radius 1 is 1.14 bits per heavy atom. The molecule has 192 valence electrons. The lowest BCUT2D eigenvalue weighted by atomic mass is 10.1. The smallest absolute Gasteiger partial charge is 0.295 e. The normalized spacial score (nSPS) is 14.6. The predicted molar refractivity (Wildman–Crippen MR) is 139 cm³/mol. The van der Waals surface area contributed by atoms with Crippen LogP contribution in [0.4, 0.5) is 5.82 Å². The van der Waals surface area contributed by atoms with Gasteiger partial charge in [-0.2, -0.15) is 0 Å². The SMILES string of the molecule is CC[C@@H](C)n1c(=O)c(NCc2ccc(S(N)(=O)=O)cc2)nc2cnc(-c3c(C)ncnc3C3CC3)nc21. The minimum atomic E-state index is -3.77. The van der Waals surface area contributed by atoms with E-state index >= 15 is 0 Å². The fourth-order valence-electron chi connectivity index (χ4n) is 4.25. The summed E-state index contributed by atoms with van der Waals surface area (Å²) in [6, 6.07) is 6.00. The van der Waals surface area contributed by atoms with Gasteiger partial charge in [0.1, 0.15) is 11.8 Å². The van der Waals surface area contributed by atoms with Gasteiger partial charge in [-0.1, -0.05) is 19.1 Å². The molecule has 4 aromatic rings. The van der Waals surface area contributed by atoms with Gasteiger partial charge in [-0.15, -0.1) is 0 Å². The Kier molecular flexibility index (Phi) is 6.46. The van der Waals surface area contributed by atoms with Gasteiger partial charge in [0.25, 0.3) is 5.56 Å². The number of benzene rings is 1. The predicted octanol–water partition coefficient (Wildman–Crippen LogP) is 3.06. The van der Waals surface area contributed by atoms with Gasteiger partial charge in [0.2, 0.25) is 10.0 Å². The molecule has 3 N–H and O–H groups in total. The molecule has 0 radical (unpaired) electrons. The van der Waals surface area contributed by atoms with Crippen LogP contribution in [0.15, 0.2) is 46.5 Å². The van der Waals surface area contributed by atoms with Crippen molar-refractivity contribution in [2.75, 3.05) is 5.32 Å². The zero-order valence-electron chi connectivity index (χ0n) is 20.8. The second kappa shape index (κ2) is 9.60. The molecule has 0 bridgehead atoms. The molecule has 5 rings (SSSR count). The molecule has 0 aliphatic heterocycles. The van der Waals surface area contributed by atoms with E-state index in [-0.39, 0.29) is 28.9 Å². The van der Waals surface area contributed by atoms with Crippen molar-refractivity contribution in [3.63, 3.8) is 0 Å². The third-order valence-corrected chi connectivity index (χ3v) is 7.56. The standard InChI is InChI=1S/C25H28N8O3S/c1-4-14(2)33-24-19(12-28-22(32-24)20-15(3)29-13-30-21(20)17-7-8-17)31-23(25(33)34)27-11-16-5-9-18(10-6-16)37(26,35)36/h5-6,9-10,12-14,17H,4,7-8,11H2,1-3H3,(H,27,31)(H2,26,35,36)/t14-/m1/s1. The maximum absolute atomic E-state index is 13.5. The zero-order chi connectivity index (χ0) is 26.3. The minimum Gasteiger partial charge on any atom is -0.361 e. The van der Waals surface area contributed by atoms with E-state index in [0.29, 0.717) is 29.3 Å². The zero-order valence-corrected chi connectivity index (χ0v) is 21.7. The monoisotopic (exact) mass is 520 g/mol. The summed E-state index contributed by atoms with van der Waals surface area (Å²) < 4.78 is 24.6. The van der Waals surface area contributed by atoms with E-state index in [1.165, 1.54) is 12.1 Å². The van der Waals surface area contributed by atoms with Crippen LogP contribution in [-0.2, 0) is 16.6 Å². The topological polar surface area (TPSA) is 159 Å². The molecule has 12 heteroatoms. The average molecular weight is 521 g/mol. The second-order valence-corrected chi connectivity index (χ2v) is 10.9. The van der Waals surface area contributed by atoms with Crippen LogP contribution in [0.5, 0.6) is 0 Å². The number of hydrogen-bond acceptors (Lipinski definition) is 9. The van der Waals surface area contributed by atoms with Crippen molar-refractivity contribution in [2.24, 2.45) is 5.14 Å². The average Bonchev–Trinajstić information content (AvgIpc) is 3.72. The van der Waals surface area contributed by atoms with Gasteiger partial charge < -0.3 is 5.32 Å². The summed E-state index contributed by atoms with van der Waals surface area (Å²) >= 11 is 0. The fourth-order valence-corrected chi connectivity index (χ4v) is 4.76. The highest BCUT2D eigenvalue weighted by atomic mass is 32.2. The molecular weight excluding hydrogens is 492 g/mol. The van der Waals surface area contributed by atoms with Crippen molar-refractivity contribution in [3.8, 4) is 11.4 Å². The molecule has 3 aromatic heterocycles. The summed E-state index contributed by atoms with van der Waals surface area (Å²) in [7, 11) is -3.77. The van der Waals surface area contributed by atoms with Crippen LogP contribution >= 0.6 is 0 Å². The van der Waals surface area contributed by atoms with Crippen LogP contribution in [0.25, 0.3) is 22.6 Å². The summed E-state index contributed by atoms with van der Waals surface area (Å²) in [5.74, 6) is 1.04. The molecule has 1 aliphatic carbocycles. The Morgan fingerprint density at radius 2 is 1.86 bits per heavy atom. The van der Waals surface area contributed by atoms with Crippen LogP contribution in [0.3, 0.4) is 0 Å². The highest BCUT2D eigenvalue weighted by Crippen LogP contribution is 2.43. The summed E-state index contributed by atoms with van der Waals surface area (Å²) in [6.07, 6.45) is 6.08. The molecule has 1 atom stereocenters. The van der Waals surface area contributed by atoms with Crippen molar-refractivity contribution in [2.45, 2.75) is 63.4 Å². The molecule has 0 spiro atoms. The van der Waals surface area contributed by atoms with Gasteiger partial charge in [0.05, 0.1) is 28.0 Å². The summed E-state index contributed by atoms with van der Waals surface area (Å²) in [4.78, 5) is 36.4. The van der Waals surface area contributed by atoms with E-state index in [4.69, 9.17) is 10.1 Å². The van der Waals surface area contributed by atoms with E-state index in [1.807, 2.05) is 20.8 Å². The van der Waals surface area contributed by atoms with E-state index in [0.717, 1.165) is 35.4 Å². The van der Waals surface area contributed by atoms with Crippen LogP contribution in [0.2, 0.25) is 0 Å². The van der Waals surface area contributed by atoms with Gasteiger partial charge in [0, 0.05) is 18.5 Å². The Labute approximate surface area is 214 Å². The molecule has 1 saturated carbocycles. The summed E-state index contributed by atoms with van der Waals surface area (Å²) in [6.45, 7) is 6.15. The van der Waals surface area contributed by atoms with E-state index in [1.54, 1.807) is 29.2 Å².